The number of carbonyl (C=O) groups is 2. The number of para-hydroxylation sites is 1. The van der Waals surface area contributed by atoms with Crippen molar-refractivity contribution in [3.05, 3.63) is 117 Å². The van der Waals surface area contributed by atoms with Crippen LogP contribution in [0.2, 0.25) is 0 Å². The van der Waals surface area contributed by atoms with Crippen LogP contribution in [0.15, 0.2) is 95.8 Å². The Hall–Kier alpha value is -4.97. The zero-order chi connectivity index (χ0) is 34.7. The quantitative estimate of drug-likeness (QED) is 0.0894. The first-order valence-electron chi connectivity index (χ1n) is 17.1. The molecule has 0 atom stereocenters. The van der Waals surface area contributed by atoms with Crippen LogP contribution in [0.1, 0.15) is 36.0 Å². The summed E-state index contributed by atoms with van der Waals surface area (Å²) >= 11 is 1.13. The van der Waals surface area contributed by atoms with E-state index in [4.69, 9.17) is 4.74 Å². The third-order valence-electron chi connectivity index (χ3n) is 8.99. The highest BCUT2D eigenvalue weighted by Gasteiger charge is 2.23. The molecule has 1 fully saturated rings. The molecular weight excluding hydrogens is 651 g/mol. The molecule has 5 N–H and O–H groups in total. The second-order valence-electron chi connectivity index (χ2n) is 12.5. The van der Waals surface area contributed by atoms with Crippen LogP contribution >= 0.6 is 11.3 Å². The summed E-state index contributed by atoms with van der Waals surface area (Å²) in [6.07, 6.45) is 2.88. The predicted octanol–water partition coefficient (Wildman–Crippen LogP) is 6.06. The molecule has 10 nitrogen and oxygen atoms in total. The Morgan fingerprint density at radius 1 is 0.900 bits per heavy atom. The molecule has 2 heterocycles. The minimum atomic E-state index is -0.448. The fourth-order valence-electron chi connectivity index (χ4n) is 6.30. The number of benzene rings is 4. The highest BCUT2D eigenvalue weighted by molar-refractivity contribution is 7.16. The second kappa shape index (κ2) is 17.1. The molecule has 2 amide bonds. The molecule has 11 heteroatoms. The minimum absolute atomic E-state index is 0.0164. The SMILES string of the molecule is O=C(CCN1CCC(OC(=O)Nc2ccccc2-c2ccccc2)CC1)NCc1cccc(CCNCCc2ccc(O)c3[nH]c(=O)sc23)c1. The number of nitrogens with zero attached hydrogens (tertiary/aromatic N) is 1. The largest absolute Gasteiger partial charge is 0.506 e. The van der Waals surface area contributed by atoms with Crippen molar-refractivity contribution >= 4 is 39.2 Å². The van der Waals surface area contributed by atoms with Gasteiger partial charge in [-0.05, 0) is 73.2 Å². The highest BCUT2D eigenvalue weighted by atomic mass is 32.1. The number of nitrogens with one attached hydrogen (secondary N) is 4. The van der Waals surface area contributed by atoms with Gasteiger partial charge < -0.3 is 30.4 Å². The van der Waals surface area contributed by atoms with Gasteiger partial charge in [0.2, 0.25) is 5.91 Å². The van der Waals surface area contributed by atoms with E-state index >= 15 is 0 Å². The van der Waals surface area contributed by atoms with Crippen molar-refractivity contribution in [1.29, 1.82) is 0 Å². The molecule has 0 radical (unpaired) electrons. The molecule has 5 aromatic rings. The zero-order valence-corrected chi connectivity index (χ0v) is 28.8. The number of carbonyl (C=O) groups excluding carboxylic acids is 2. The number of likely N-dealkylation sites (tertiary alicyclic amines) is 1. The molecule has 0 saturated carbocycles. The van der Waals surface area contributed by atoms with Gasteiger partial charge in [-0.25, -0.2) is 4.79 Å². The molecule has 0 spiro atoms. The summed E-state index contributed by atoms with van der Waals surface area (Å²) in [6.45, 7) is 4.25. The number of H-pyrrole nitrogens is 1. The third kappa shape index (κ3) is 9.59. The van der Waals surface area contributed by atoms with Crippen LogP contribution in [-0.2, 0) is 28.9 Å². The lowest BCUT2D eigenvalue weighted by atomic mass is 10.0. The number of aromatic hydroxyl groups is 1. The monoisotopic (exact) mass is 693 g/mol. The summed E-state index contributed by atoms with van der Waals surface area (Å²) in [4.78, 5) is 41.9. The number of anilines is 1. The molecule has 260 valence electrons. The van der Waals surface area contributed by atoms with Gasteiger partial charge >= 0.3 is 11.0 Å². The van der Waals surface area contributed by atoms with Gasteiger partial charge in [-0.1, -0.05) is 90.2 Å². The Morgan fingerprint density at radius 2 is 1.66 bits per heavy atom. The Labute approximate surface area is 295 Å². The summed E-state index contributed by atoms with van der Waals surface area (Å²) in [6, 6.07) is 29.4. The Morgan fingerprint density at radius 3 is 2.50 bits per heavy atom. The molecule has 1 saturated heterocycles. The smallest absolute Gasteiger partial charge is 0.411 e. The topological polar surface area (TPSA) is 136 Å². The van der Waals surface area contributed by atoms with Crippen LogP contribution in [0.25, 0.3) is 21.3 Å². The maximum Gasteiger partial charge on any atom is 0.411 e. The summed E-state index contributed by atoms with van der Waals surface area (Å²) in [5.74, 6) is 0.112. The fraction of sp³-hybridized carbons (Fsp3) is 0.308. The predicted molar refractivity (Wildman–Crippen MR) is 199 cm³/mol. The van der Waals surface area contributed by atoms with E-state index in [1.165, 1.54) is 5.56 Å². The molecule has 1 aliphatic rings. The van der Waals surface area contributed by atoms with Crippen LogP contribution in [0.4, 0.5) is 10.5 Å². The number of fused-ring (bicyclic) bond motifs is 1. The third-order valence-corrected chi connectivity index (χ3v) is 9.95. The van der Waals surface area contributed by atoms with E-state index in [2.05, 4.69) is 38.0 Å². The van der Waals surface area contributed by atoms with Gasteiger partial charge in [0.05, 0.1) is 10.4 Å². The molecule has 0 aliphatic carbocycles. The van der Waals surface area contributed by atoms with Crippen LogP contribution < -0.4 is 20.8 Å². The number of aromatic amines is 1. The van der Waals surface area contributed by atoms with Crippen LogP contribution in [0.3, 0.4) is 0 Å². The lowest BCUT2D eigenvalue weighted by Crippen LogP contribution is -2.40. The number of piperidine rings is 1. The highest BCUT2D eigenvalue weighted by Crippen LogP contribution is 2.29. The fourth-order valence-corrected chi connectivity index (χ4v) is 7.19. The first-order chi connectivity index (χ1) is 24.4. The molecular formula is C39H43N5O5S. The van der Waals surface area contributed by atoms with Gasteiger partial charge in [-0.3, -0.25) is 14.9 Å². The number of phenols is 1. The normalized spacial score (nSPS) is 13.7. The molecule has 50 heavy (non-hydrogen) atoms. The first-order valence-corrected chi connectivity index (χ1v) is 18.0. The first kappa shape index (κ1) is 34.9. The van der Waals surface area contributed by atoms with Gasteiger partial charge in [0.1, 0.15) is 17.4 Å². The Bertz CT molecular complexity index is 1950. The summed E-state index contributed by atoms with van der Waals surface area (Å²) in [5, 5.41) is 19.4. The van der Waals surface area contributed by atoms with Crippen molar-refractivity contribution in [3.8, 4) is 16.9 Å². The number of hydrogen-bond acceptors (Lipinski definition) is 8. The summed E-state index contributed by atoms with van der Waals surface area (Å²) < 4.78 is 6.56. The van der Waals surface area contributed by atoms with E-state index in [0.717, 1.165) is 95.8 Å². The van der Waals surface area contributed by atoms with Gasteiger partial charge in [0.15, 0.2) is 0 Å². The number of ether oxygens (including phenoxy) is 1. The average Bonchev–Trinajstić information content (AvgIpc) is 3.54. The van der Waals surface area contributed by atoms with Crippen molar-refractivity contribution in [2.45, 2.75) is 44.8 Å². The summed E-state index contributed by atoms with van der Waals surface area (Å²) in [7, 11) is 0. The van der Waals surface area contributed by atoms with Crippen molar-refractivity contribution in [2.75, 3.05) is 38.0 Å². The standard InChI is InChI=1S/C39H43N5O5S/c45-34-14-13-30(37-36(34)43-39(48)50-37)16-21-40-20-15-27-7-6-8-28(25-27)26-41-35(46)19-24-44-22-17-31(18-23-44)49-38(47)42-33-12-5-4-11-32(33)29-9-2-1-3-10-29/h1-14,25,31,40,45H,15-24,26H2,(H,41,46)(H,42,47)(H,43,48). The van der Waals surface area contributed by atoms with E-state index in [-0.39, 0.29) is 22.6 Å². The van der Waals surface area contributed by atoms with E-state index in [1.807, 2.05) is 72.8 Å². The molecule has 6 rings (SSSR count). The van der Waals surface area contributed by atoms with Gasteiger partial charge in [-0.15, -0.1) is 0 Å². The number of amides is 2. The molecule has 1 aliphatic heterocycles. The van der Waals surface area contributed by atoms with Crippen molar-refractivity contribution < 1.29 is 19.4 Å². The number of aromatic nitrogens is 1. The maximum absolute atomic E-state index is 12.7. The molecule has 0 bridgehead atoms. The maximum atomic E-state index is 12.7. The lowest BCUT2D eigenvalue weighted by Gasteiger charge is -2.31. The lowest BCUT2D eigenvalue weighted by molar-refractivity contribution is -0.121. The van der Waals surface area contributed by atoms with Crippen LogP contribution in [-0.4, -0.2) is 65.8 Å². The second-order valence-corrected chi connectivity index (χ2v) is 13.5. The molecule has 1 aromatic heterocycles. The van der Waals surface area contributed by atoms with E-state index in [0.29, 0.717) is 25.0 Å². The van der Waals surface area contributed by atoms with Gasteiger partial charge in [-0.2, -0.15) is 0 Å². The van der Waals surface area contributed by atoms with E-state index < -0.39 is 6.09 Å². The van der Waals surface area contributed by atoms with Crippen molar-refractivity contribution in [3.63, 3.8) is 0 Å². The number of hydrogen-bond donors (Lipinski definition) is 5. The Balaban J connectivity index is 0.854. The van der Waals surface area contributed by atoms with Crippen molar-refractivity contribution in [2.24, 2.45) is 0 Å². The Kier molecular flexibility index (Phi) is 11.9. The van der Waals surface area contributed by atoms with Crippen molar-refractivity contribution in [1.82, 2.24) is 20.5 Å². The molecule has 4 aromatic carbocycles. The van der Waals surface area contributed by atoms with Gasteiger partial charge in [0.25, 0.3) is 0 Å². The average molecular weight is 694 g/mol. The van der Waals surface area contributed by atoms with Gasteiger partial charge in [0, 0.05) is 38.2 Å². The zero-order valence-electron chi connectivity index (χ0n) is 28.0. The summed E-state index contributed by atoms with van der Waals surface area (Å²) in [5.41, 5.74) is 6.49. The minimum Gasteiger partial charge on any atom is -0.506 e. The van der Waals surface area contributed by atoms with E-state index in [9.17, 15) is 19.5 Å². The number of rotatable bonds is 14. The number of phenolic OH excluding ortho intramolecular Hbond substituents is 1. The van der Waals surface area contributed by atoms with Crippen LogP contribution in [0, 0.1) is 0 Å². The number of thiazole rings is 1. The molecule has 0 unspecified atom stereocenters. The van der Waals surface area contributed by atoms with E-state index in [1.54, 1.807) is 6.07 Å². The van der Waals surface area contributed by atoms with Crippen LogP contribution in [0.5, 0.6) is 5.75 Å².